The third-order valence-electron chi connectivity index (χ3n) is 2.00. The van der Waals surface area contributed by atoms with E-state index in [-0.39, 0.29) is 18.0 Å². The van der Waals surface area contributed by atoms with Gasteiger partial charge in [0.25, 0.3) is 0 Å². The van der Waals surface area contributed by atoms with Gasteiger partial charge in [-0.05, 0) is 6.42 Å². The van der Waals surface area contributed by atoms with Crippen LogP contribution in [0.15, 0.2) is 0 Å². The second-order valence-corrected chi connectivity index (χ2v) is 4.20. The predicted molar refractivity (Wildman–Crippen MR) is 65.1 cm³/mol. The fraction of sp³-hybridized carbons (Fsp3) is 0.800. The highest BCUT2D eigenvalue weighted by Crippen LogP contribution is 2.14. The Morgan fingerprint density at radius 3 is 2.56 bits per heavy atom. The van der Waals surface area contributed by atoms with Crippen LogP contribution in [0, 0.1) is 0 Å². The van der Waals surface area contributed by atoms with Crippen molar-refractivity contribution in [2.24, 2.45) is 5.73 Å². The minimum atomic E-state index is -4.37. The van der Waals surface area contributed by atoms with Crippen molar-refractivity contribution in [1.29, 1.82) is 0 Å². The minimum Gasteiger partial charge on any atom is -0.392 e. The van der Waals surface area contributed by atoms with E-state index in [1.807, 2.05) is 6.92 Å². The van der Waals surface area contributed by atoms with E-state index < -0.39 is 24.7 Å². The number of carbonyl (C=O) groups excluding carboxylic acids is 1. The molecule has 0 aliphatic heterocycles. The van der Waals surface area contributed by atoms with Gasteiger partial charge in [-0.15, -0.1) is 0 Å². The van der Waals surface area contributed by atoms with Crippen molar-refractivity contribution >= 4 is 23.1 Å². The second kappa shape index (κ2) is 8.25. The average molecular weight is 286 g/mol. The Kier molecular flexibility index (Phi) is 7.85. The quantitative estimate of drug-likeness (QED) is 0.524. The van der Waals surface area contributed by atoms with Gasteiger partial charge in [0.15, 0.2) is 0 Å². The number of ether oxygens (including phenoxy) is 1. The van der Waals surface area contributed by atoms with Crippen molar-refractivity contribution < 1.29 is 22.7 Å². The second-order valence-electron chi connectivity index (χ2n) is 3.73. The van der Waals surface area contributed by atoms with E-state index in [0.29, 0.717) is 6.42 Å². The lowest BCUT2D eigenvalue weighted by atomic mass is 10.1. The van der Waals surface area contributed by atoms with E-state index in [1.165, 1.54) is 0 Å². The number of carbonyl (C=O) groups is 1. The number of halogens is 3. The molecule has 0 radical (unpaired) electrons. The summed E-state index contributed by atoms with van der Waals surface area (Å²) in [7, 11) is 0. The fourth-order valence-corrected chi connectivity index (χ4v) is 1.37. The van der Waals surface area contributed by atoms with Crippen molar-refractivity contribution in [2.45, 2.75) is 38.4 Å². The fourth-order valence-electron chi connectivity index (χ4n) is 1.19. The van der Waals surface area contributed by atoms with Gasteiger partial charge in [-0.1, -0.05) is 25.6 Å². The molecule has 0 heterocycles. The normalized spacial score (nSPS) is 13.1. The highest BCUT2D eigenvalue weighted by atomic mass is 32.1. The number of thiocarbonyl (C=S) groups is 1. The van der Waals surface area contributed by atoms with Crippen LogP contribution in [-0.4, -0.2) is 36.3 Å². The van der Waals surface area contributed by atoms with Crippen LogP contribution in [-0.2, 0) is 9.53 Å². The standard InChI is InChI=1S/C10H17F3N2O2S/c1-2-3-7(9(14)18)15-8(16)4-5-17-6-10(11,12)13/h7H,2-6H2,1H3,(H2,14,18)(H,15,16). The molecule has 106 valence electrons. The van der Waals surface area contributed by atoms with E-state index >= 15 is 0 Å². The molecule has 1 unspecified atom stereocenters. The zero-order chi connectivity index (χ0) is 14.2. The van der Waals surface area contributed by atoms with Gasteiger partial charge in [-0.25, -0.2) is 0 Å². The first-order valence-electron chi connectivity index (χ1n) is 5.49. The summed E-state index contributed by atoms with van der Waals surface area (Å²) in [5.74, 6) is -0.427. The number of rotatable bonds is 8. The van der Waals surface area contributed by atoms with Crippen molar-refractivity contribution in [3.05, 3.63) is 0 Å². The van der Waals surface area contributed by atoms with Crippen molar-refractivity contribution in [2.75, 3.05) is 13.2 Å². The van der Waals surface area contributed by atoms with E-state index in [1.54, 1.807) is 0 Å². The molecule has 0 rings (SSSR count). The summed E-state index contributed by atoms with van der Waals surface area (Å²) in [6.07, 6.45) is -3.14. The molecular formula is C10H17F3N2O2S. The highest BCUT2D eigenvalue weighted by Gasteiger charge is 2.27. The van der Waals surface area contributed by atoms with Crippen molar-refractivity contribution in [1.82, 2.24) is 5.32 Å². The molecular weight excluding hydrogens is 269 g/mol. The molecule has 0 aromatic carbocycles. The maximum absolute atomic E-state index is 11.7. The first-order valence-corrected chi connectivity index (χ1v) is 5.90. The predicted octanol–water partition coefficient (Wildman–Crippen LogP) is 1.53. The SMILES string of the molecule is CCCC(NC(=O)CCOCC(F)(F)F)C(N)=S. The Labute approximate surface area is 109 Å². The lowest BCUT2D eigenvalue weighted by molar-refractivity contribution is -0.174. The molecule has 0 fully saturated rings. The Balaban J connectivity index is 3.85. The Bertz CT molecular complexity index is 285. The summed E-state index contributed by atoms with van der Waals surface area (Å²) in [4.78, 5) is 11.5. The number of hydrogen-bond acceptors (Lipinski definition) is 3. The van der Waals surface area contributed by atoms with Gasteiger partial charge < -0.3 is 15.8 Å². The largest absolute Gasteiger partial charge is 0.411 e. The third kappa shape index (κ3) is 9.17. The smallest absolute Gasteiger partial charge is 0.392 e. The van der Waals surface area contributed by atoms with Crippen LogP contribution in [0.5, 0.6) is 0 Å². The van der Waals surface area contributed by atoms with E-state index in [9.17, 15) is 18.0 Å². The van der Waals surface area contributed by atoms with Gasteiger partial charge >= 0.3 is 6.18 Å². The maximum Gasteiger partial charge on any atom is 0.411 e. The molecule has 0 saturated carbocycles. The summed E-state index contributed by atoms with van der Waals surface area (Å²) in [5.41, 5.74) is 5.42. The molecule has 0 aromatic heterocycles. The van der Waals surface area contributed by atoms with Crippen LogP contribution < -0.4 is 11.1 Å². The summed E-state index contributed by atoms with van der Waals surface area (Å²) >= 11 is 4.77. The Hall–Kier alpha value is -0.890. The number of hydrogen-bond donors (Lipinski definition) is 2. The Morgan fingerprint density at radius 1 is 1.50 bits per heavy atom. The van der Waals surface area contributed by atoms with Crippen LogP contribution in [0.3, 0.4) is 0 Å². The third-order valence-corrected chi connectivity index (χ3v) is 2.28. The molecule has 0 spiro atoms. The highest BCUT2D eigenvalue weighted by molar-refractivity contribution is 7.80. The van der Waals surface area contributed by atoms with Gasteiger partial charge in [-0.3, -0.25) is 4.79 Å². The van der Waals surface area contributed by atoms with E-state index in [2.05, 4.69) is 10.1 Å². The van der Waals surface area contributed by atoms with Gasteiger partial charge in [-0.2, -0.15) is 13.2 Å². The lowest BCUT2D eigenvalue weighted by Crippen LogP contribution is -2.43. The number of alkyl halides is 3. The number of amides is 1. The van der Waals surface area contributed by atoms with Gasteiger partial charge in [0, 0.05) is 6.42 Å². The molecule has 1 atom stereocenters. The molecule has 0 bridgehead atoms. The van der Waals surface area contributed by atoms with Crippen molar-refractivity contribution in [3.63, 3.8) is 0 Å². The topological polar surface area (TPSA) is 64.3 Å². The monoisotopic (exact) mass is 286 g/mol. The maximum atomic E-state index is 11.7. The van der Waals surface area contributed by atoms with Gasteiger partial charge in [0.05, 0.1) is 17.6 Å². The lowest BCUT2D eigenvalue weighted by Gasteiger charge is -2.16. The van der Waals surface area contributed by atoms with Crippen LogP contribution in [0.25, 0.3) is 0 Å². The summed E-state index contributed by atoms with van der Waals surface area (Å²) in [6, 6.07) is -0.417. The molecule has 0 saturated heterocycles. The van der Waals surface area contributed by atoms with Gasteiger partial charge in [0.2, 0.25) is 5.91 Å². The van der Waals surface area contributed by atoms with Crippen LogP contribution in [0.4, 0.5) is 13.2 Å². The first kappa shape index (κ1) is 17.1. The first-order chi connectivity index (χ1) is 8.26. The summed E-state index contributed by atoms with van der Waals surface area (Å²) in [6.45, 7) is 0.263. The summed E-state index contributed by atoms with van der Waals surface area (Å²) in [5, 5.41) is 2.55. The van der Waals surface area contributed by atoms with Gasteiger partial charge in [0.1, 0.15) is 6.61 Å². The average Bonchev–Trinajstić information content (AvgIpc) is 2.22. The van der Waals surface area contributed by atoms with Crippen LogP contribution in [0.1, 0.15) is 26.2 Å². The Morgan fingerprint density at radius 2 is 2.11 bits per heavy atom. The molecule has 1 amide bonds. The zero-order valence-electron chi connectivity index (χ0n) is 10.0. The number of nitrogens with two attached hydrogens (primary N) is 1. The molecule has 18 heavy (non-hydrogen) atoms. The molecule has 4 nitrogen and oxygen atoms in total. The molecule has 3 N–H and O–H groups in total. The van der Waals surface area contributed by atoms with Crippen LogP contribution in [0.2, 0.25) is 0 Å². The van der Waals surface area contributed by atoms with Crippen LogP contribution >= 0.6 is 12.2 Å². The van der Waals surface area contributed by atoms with E-state index in [4.69, 9.17) is 18.0 Å². The van der Waals surface area contributed by atoms with E-state index in [0.717, 1.165) is 6.42 Å². The molecule has 8 heteroatoms. The van der Waals surface area contributed by atoms with Crippen molar-refractivity contribution in [3.8, 4) is 0 Å². The molecule has 0 aromatic rings. The minimum absolute atomic E-state index is 0.154. The molecule has 0 aliphatic carbocycles. The summed E-state index contributed by atoms with van der Waals surface area (Å²) < 4.78 is 39.5. The zero-order valence-corrected chi connectivity index (χ0v) is 10.9. The molecule has 0 aliphatic rings. The number of nitrogens with one attached hydrogen (secondary N) is 1.